The van der Waals surface area contributed by atoms with Gasteiger partial charge < -0.3 is 9.32 Å². The summed E-state index contributed by atoms with van der Waals surface area (Å²) in [6, 6.07) is 8.67. The fourth-order valence-electron chi connectivity index (χ4n) is 1.96. The summed E-state index contributed by atoms with van der Waals surface area (Å²) in [5, 5.41) is 20.0. The van der Waals surface area contributed by atoms with Gasteiger partial charge in [-0.3, -0.25) is 14.9 Å². The number of halogens is 1. The van der Waals surface area contributed by atoms with E-state index in [0.29, 0.717) is 16.1 Å². The van der Waals surface area contributed by atoms with Crippen molar-refractivity contribution < 1.29 is 14.1 Å². The number of benzene rings is 1. The minimum absolute atomic E-state index is 0.0652. The highest BCUT2D eigenvalue weighted by molar-refractivity contribution is 9.10. The van der Waals surface area contributed by atoms with Gasteiger partial charge in [-0.2, -0.15) is 5.26 Å². The molecule has 0 amide bonds. The van der Waals surface area contributed by atoms with Gasteiger partial charge in [0, 0.05) is 43.9 Å². The van der Waals surface area contributed by atoms with Crippen LogP contribution in [0.25, 0.3) is 6.08 Å². The highest BCUT2D eigenvalue weighted by atomic mass is 79.9. The van der Waals surface area contributed by atoms with E-state index in [-0.39, 0.29) is 16.8 Å². The lowest BCUT2D eigenvalue weighted by Crippen LogP contribution is -2.07. The number of nitro benzene ring substituents is 1. The Morgan fingerprint density at radius 2 is 2.12 bits per heavy atom. The molecule has 1 aromatic carbocycles. The number of carbonyl (C=O) groups excluding carboxylic acids is 1. The van der Waals surface area contributed by atoms with Crippen molar-refractivity contribution >= 4 is 39.4 Å². The van der Waals surface area contributed by atoms with Crippen LogP contribution >= 0.6 is 15.9 Å². The van der Waals surface area contributed by atoms with E-state index in [1.54, 1.807) is 25.1 Å². The lowest BCUT2D eigenvalue weighted by molar-refractivity contribution is -0.384. The van der Waals surface area contributed by atoms with Crippen molar-refractivity contribution in [2.45, 2.75) is 0 Å². The van der Waals surface area contributed by atoms with Gasteiger partial charge in [0.2, 0.25) is 11.7 Å². The summed E-state index contributed by atoms with van der Waals surface area (Å²) in [6.45, 7) is 0. The number of anilines is 1. The monoisotopic (exact) mass is 389 g/mol. The highest BCUT2D eigenvalue weighted by Gasteiger charge is 2.17. The lowest BCUT2D eigenvalue weighted by atomic mass is 10.0. The van der Waals surface area contributed by atoms with Gasteiger partial charge in [-0.25, -0.2) is 0 Å². The number of carbonyl (C=O) groups is 1. The smallest absolute Gasteiger partial charge is 0.270 e. The molecule has 0 aliphatic rings. The molecule has 0 fully saturated rings. The SMILES string of the molecule is CN(C)c1oc(/C=C(\C#N)C(=O)c2cccc([N+](=O)[O-])c2)cc1Br. The van der Waals surface area contributed by atoms with Crippen LogP contribution in [0.3, 0.4) is 0 Å². The summed E-state index contributed by atoms with van der Waals surface area (Å²) < 4.78 is 6.23. The summed E-state index contributed by atoms with van der Waals surface area (Å²) in [6.07, 6.45) is 1.30. The molecule has 0 bridgehead atoms. The van der Waals surface area contributed by atoms with Crippen LogP contribution in [-0.4, -0.2) is 24.8 Å². The number of nitriles is 1. The van der Waals surface area contributed by atoms with Gasteiger partial charge in [0.05, 0.1) is 9.40 Å². The van der Waals surface area contributed by atoms with E-state index >= 15 is 0 Å². The van der Waals surface area contributed by atoms with E-state index in [1.807, 2.05) is 6.07 Å². The van der Waals surface area contributed by atoms with Crippen LogP contribution < -0.4 is 4.90 Å². The van der Waals surface area contributed by atoms with Crippen LogP contribution in [0.5, 0.6) is 0 Å². The topological polar surface area (TPSA) is 100 Å². The number of hydrogen-bond donors (Lipinski definition) is 0. The minimum Gasteiger partial charge on any atom is -0.440 e. The van der Waals surface area contributed by atoms with Crippen molar-refractivity contribution in [1.82, 2.24) is 0 Å². The van der Waals surface area contributed by atoms with Gasteiger partial charge in [0.1, 0.15) is 17.4 Å². The number of furan rings is 1. The first kappa shape index (κ1) is 17.4. The standard InChI is InChI=1S/C16H12BrN3O4/c1-19(2)16-14(17)8-13(24-16)7-11(9-18)15(21)10-4-3-5-12(6-10)20(22)23/h3-8H,1-2H3/b11-7+. The molecule has 0 spiro atoms. The fraction of sp³-hybridized carbons (Fsp3) is 0.125. The number of rotatable bonds is 5. The molecule has 0 N–H and O–H groups in total. The maximum Gasteiger partial charge on any atom is 0.270 e. The van der Waals surface area contributed by atoms with Crippen molar-refractivity contribution in [3.63, 3.8) is 0 Å². The Labute approximate surface area is 146 Å². The summed E-state index contributed by atoms with van der Waals surface area (Å²) >= 11 is 3.33. The summed E-state index contributed by atoms with van der Waals surface area (Å²) in [7, 11) is 3.58. The van der Waals surface area contributed by atoms with Gasteiger partial charge in [-0.05, 0) is 15.9 Å². The zero-order chi connectivity index (χ0) is 17.9. The molecule has 8 heteroatoms. The first-order chi connectivity index (χ1) is 11.3. The fourth-order valence-corrected chi connectivity index (χ4v) is 2.62. The summed E-state index contributed by atoms with van der Waals surface area (Å²) in [5.74, 6) is 0.252. The van der Waals surface area contributed by atoms with E-state index in [4.69, 9.17) is 4.42 Å². The Morgan fingerprint density at radius 3 is 2.67 bits per heavy atom. The number of nitro groups is 1. The molecule has 0 radical (unpaired) electrons. The number of Topliss-reactive ketones (excluding diaryl/α,β-unsaturated/α-hetero) is 1. The van der Waals surface area contributed by atoms with Crippen LogP contribution in [-0.2, 0) is 0 Å². The first-order valence-corrected chi connectivity index (χ1v) is 7.50. The van der Waals surface area contributed by atoms with Crippen molar-refractivity contribution in [1.29, 1.82) is 5.26 Å². The highest BCUT2D eigenvalue weighted by Crippen LogP contribution is 2.30. The molecule has 1 aromatic heterocycles. The number of non-ortho nitro benzene ring substituents is 1. The quantitative estimate of drug-likeness (QED) is 0.253. The number of hydrogen-bond acceptors (Lipinski definition) is 6. The molecule has 0 saturated carbocycles. The second kappa shape index (κ2) is 7.10. The molecule has 0 atom stereocenters. The van der Waals surface area contributed by atoms with Crippen molar-refractivity contribution in [2.75, 3.05) is 19.0 Å². The van der Waals surface area contributed by atoms with E-state index in [2.05, 4.69) is 15.9 Å². The predicted octanol–water partition coefficient (Wildman–Crippen LogP) is 3.81. The maximum atomic E-state index is 12.4. The molecule has 0 unspecified atom stereocenters. The van der Waals surface area contributed by atoms with E-state index in [1.165, 1.54) is 24.3 Å². The Kier molecular flexibility index (Phi) is 5.16. The van der Waals surface area contributed by atoms with E-state index in [0.717, 1.165) is 6.07 Å². The van der Waals surface area contributed by atoms with Crippen molar-refractivity contribution in [3.05, 3.63) is 61.8 Å². The van der Waals surface area contributed by atoms with E-state index < -0.39 is 10.7 Å². The van der Waals surface area contributed by atoms with Crippen LogP contribution in [0.15, 0.2) is 44.8 Å². The van der Waals surface area contributed by atoms with Gasteiger partial charge in [-0.1, -0.05) is 12.1 Å². The molecule has 0 aliphatic heterocycles. The van der Waals surface area contributed by atoms with Crippen LogP contribution in [0, 0.1) is 21.4 Å². The van der Waals surface area contributed by atoms with Gasteiger partial charge in [0.25, 0.3) is 5.69 Å². The van der Waals surface area contributed by atoms with E-state index in [9.17, 15) is 20.2 Å². The molecule has 2 aromatic rings. The third-order valence-electron chi connectivity index (χ3n) is 3.06. The Hall–Kier alpha value is -2.92. The normalized spacial score (nSPS) is 11.0. The Morgan fingerprint density at radius 1 is 1.42 bits per heavy atom. The van der Waals surface area contributed by atoms with Gasteiger partial charge in [-0.15, -0.1) is 0 Å². The zero-order valence-corrected chi connectivity index (χ0v) is 14.4. The van der Waals surface area contributed by atoms with Crippen molar-refractivity contribution in [2.24, 2.45) is 0 Å². The third kappa shape index (κ3) is 3.70. The minimum atomic E-state index is -0.611. The Balaban J connectivity index is 2.39. The summed E-state index contributed by atoms with van der Waals surface area (Å²) in [5.41, 5.74) is -0.328. The largest absolute Gasteiger partial charge is 0.440 e. The molecular formula is C16H12BrN3O4. The molecule has 24 heavy (non-hydrogen) atoms. The summed E-state index contributed by atoms with van der Waals surface area (Å²) in [4.78, 5) is 24.3. The van der Waals surface area contributed by atoms with Crippen LogP contribution in [0.2, 0.25) is 0 Å². The van der Waals surface area contributed by atoms with Crippen LogP contribution in [0.1, 0.15) is 16.1 Å². The van der Waals surface area contributed by atoms with Crippen molar-refractivity contribution in [3.8, 4) is 6.07 Å². The Bertz CT molecular complexity index is 878. The molecule has 2 rings (SSSR count). The van der Waals surface area contributed by atoms with Gasteiger partial charge >= 0.3 is 0 Å². The van der Waals surface area contributed by atoms with Gasteiger partial charge in [0.15, 0.2) is 0 Å². The number of ketones is 1. The molecule has 0 saturated heterocycles. The zero-order valence-electron chi connectivity index (χ0n) is 12.8. The molecule has 1 heterocycles. The second-order valence-corrected chi connectivity index (χ2v) is 5.86. The average Bonchev–Trinajstić information content (AvgIpc) is 2.92. The molecule has 7 nitrogen and oxygen atoms in total. The lowest BCUT2D eigenvalue weighted by Gasteiger charge is -2.07. The number of nitrogens with zero attached hydrogens (tertiary/aromatic N) is 3. The molecule has 0 aliphatic carbocycles. The molecule has 122 valence electrons. The average molecular weight is 390 g/mol. The first-order valence-electron chi connectivity index (χ1n) is 6.71. The third-order valence-corrected chi connectivity index (χ3v) is 3.63. The molecular weight excluding hydrogens is 378 g/mol. The van der Waals surface area contributed by atoms with Crippen LogP contribution in [0.4, 0.5) is 11.6 Å². The predicted molar refractivity (Wildman–Crippen MR) is 91.8 cm³/mol. The second-order valence-electron chi connectivity index (χ2n) is 5.00. The maximum absolute atomic E-state index is 12.4. The number of allylic oxidation sites excluding steroid dienone is 1.